The van der Waals surface area contributed by atoms with Crippen LogP contribution in [0, 0.1) is 5.82 Å². The maximum Gasteiger partial charge on any atom is 0.173 e. The second kappa shape index (κ2) is 5.84. The van der Waals surface area contributed by atoms with E-state index in [4.69, 9.17) is 21.9 Å². The number of nitrogens with one attached hydrogen (secondary N) is 1. The van der Waals surface area contributed by atoms with Crippen molar-refractivity contribution in [1.29, 1.82) is 0 Å². The fourth-order valence-corrected chi connectivity index (χ4v) is 2.48. The molecule has 6 heteroatoms. The molecule has 2 rings (SSSR count). The van der Waals surface area contributed by atoms with Gasteiger partial charge in [0.25, 0.3) is 0 Å². The van der Waals surface area contributed by atoms with Gasteiger partial charge in [-0.25, -0.2) is 4.39 Å². The predicted molar refractivity (Wildman–Crippen MR) is 71.6 cm³/mol. The van der Waals surface area contributed by atoms with E-state index >= 15 is 0 Å². The molecule has 1 unspecified atom stereocenters. The van der Waals surface area contributed by atoms with E-state index in [0.717, 1.165) is 11.1 Å². The summed E-state index contributed by atoms with van der Waals surface area (Å²) in [5.41, 5.74) is 4.39. The SMILES string of the molecule is NNC(Cc1ccc(F)cc1Cl)c1ccoc1Br. The van der Waals surface area contributed by atoms with Gasteiger partial charge in [0.2, 0.25) is 0 Å². The van der Waals surface area contributed by atoms with Crippen LogP contribution in [0.5, 0.6) is 0 Å². The summed E-state index contributed by atoms with van der Waals surface area (Å²) in [6.45, 7) is 0. The second-order valence-corrected chi connectivity index (χ2v) is 4.94. The van der Waals surface area contributed by atoms with Crippen molar-refractivity contribution in [3.63, 3.8) is 0 Å². The third-order valence-electron chi connectivity index (χ3n) is 2.66. The Hall–Kier alpha value is -0.880. The minimum atomic E-state index is -0.356. The summed E-state index contributed by atoms with van der Waals surface area (Å²) in [4.78, 5) is 0. The Balaban J connectivity index is 2.23. The predicted octanol–water partition coefficient (Wildman–Crippen LogP) is 3.58. The highest BCUT2D eigenvalue weighted by atomic mass is 79.9. The van der Waals surface area contributed by atoms with Crippen LogP contribution in [0.4, 0.5) is 4.39 Å². The zero-order valence-electron chi connectivity index (χ0n) is 9.29. The van der Waals surface area contributed by atoms with Crippen LogP contribution in [-0.4, -0.2) is 0 Å². The molecule has 0 fully saturated rings. The van der Waals surface area contributed by atoms with Crippen LogP contribution in [0.1, 0.15) is 17.2 Å². The molecule has 0 spiro atoms. The van der Waals surface area contributed by atoms with Crippen LogP contribution in [0.25, 0.3) is 0 Å². The zero-order chi connectivity index (χ0) is 13.1. The van der Waals surface area contributed by atoms with Crippen molar-refractivity contribution in [2.75, 3.05) is 0 Å². The molecule has 0 aliphatic carbocycles. The maximum atomic E-state index is 13.0. The minimum absolute atomic E-state index is 0.166. The molecule has 1 aromatic carbocycles. The molecular weight excluding hydrogens is 322 g/mol. The summed E-state index contributed by atoms with van der Waals surface area (Å²) in [5.74, 6) is 5.18. The topological polar surface area (TPSA) is 51.2 Å². The number of hydrogen-bond acceptors (Lipinski definition) is 3. The van der Waals surface area contributed by atoms with Crippen molar-refractivity contribution < 1.29 is 8.81 Å². The van der Waals surface area contributed by atoms with Crippen molar-refractivity contribution >= 4 is 27.5 Å². The van der Waals surface area contributed by atoms with E-state index in [-0.39, 0.29) is 11.9 Å². The molecule has 1 atom stereocenters. The second-order valence-electron chi connectivity index (χ2n) is 3.81. The molecule has 1 aromatic heterocycles. The first-order chi connectivity index (χ1) is 8.61. The molecule has 0 aliphatic heterocycles. The molecule has 0 aliphatic rings. The van der Waals surface area contributed by atoms with Gasteiger partial charge in [-0.1, -0.05) is 17.7 Å². The number of furan rings is 1. The van der Waals surface area contributed by atoms with E-state index in [1.807, 2.05) is 6.07 Å². The number of hydrogen-bond donors (Lipinski definition) is 2. The highest BCUT2D eigenvalue weighted by molar-refractivity contribution is 9.10. The summed E-state index contributed by atoms with van der Waals surface area (Å²) >= 11 is 9.28. The van der Waals surface area contributed by atoms with Crippen LogP contribution in [0.2, 0.25) is 5.02 Å². The highest BCUT2D eigenvalue weighted by Gasteiger charge is 2.17. The van der Waals surface area contributed by atoms with Crippen molar-refractivity contribution in [3.8, 4) is 0 Å². The Morgan fingerprint density at radius 1 is 1.44 bits per heavy atom. The quantitative estimate of drug-likeness (QED) is 0.664. The third kappa shape index (κ3) is 2.92. The van der Waals surface area contributed by atoms with E-state index in [9.17, 15) is 4.39 Å². The van der Waals surface area contributed by atoms with Crippen molar-refractivity contribution in [3.05, 3.63) is 57.2 Å². The van der Waals surface area contributed by atoms with Gasteiger partial charge in [0.05, 0.1) is 12.3 Å². The van der Waals surface area contributed by atoms with E-state index in [1.54, 1.807) is 12.3 Å². The Labute approximate surface area is 117 Å². The van der Waals surface area contributed by atoms with Gasteiger partial charge in [0.1, 0.15) is 5.82 Å². The maximum absolute atomic E-state index is 13.0. The molecule has 1 heterocycles. The van der Waals surface area contributed by atoms with Gasteiger partial charge in [-0.3, -0.25) is 11.3 Å². The van der Waals surface area contributed by atoms with Gasteiger partial charge in [-0.15, -0.1) is 0 Å². The third-order valence-corrected chi connectivity index (χ3v) is 3.66. The highest BCUT2D eigenvalue weighted by Crippen LogP contribution is 2.29. The Kier molecular flexibility index (Phi) is 4.40. The van der Waals surface area contributed by atoms with E-state index in [2.05, 4.69) is 21.4 Å². The number of hydrazine groups is 1. The first kappa shape index (κ1) is 13.5. The Morgan fingerprint density at radius 3 is 2.78 bits per heavy atom. The zero-order valence-corrected chi connectivity index (χ0v) is 11.6. The van der Waals surface area contributed by atoms with Crippen molar-refractivity contribution in [2.45, 2.75) is 12.5 Å². The first-order valence-corrected chi connectivity index (χ1v) is 6.42. The number of benzene rings is 1. The lowest BCUT2D eigenvalue weighted by Gasteiger charge is -2.15. The number of halogens is 3. The molecule has 3 nitrogen and oxygen atoms in total. The molecule has 0 amide bonds. The van der Waals surface area contributed by atoms with Gasteiger partial charge in [-0.2, -0.15) is 0 Å². The molecule has 0 saturated carbocycles. The van der Waals surface area contributed by atoms with Crippen molar-refractivity contribution in [2.24, 2.45) is 5.84 Å². The lowest BCUT2D eigenvalue weighted by Crippen LogP contribution is -2.29. The van der Waals surface area contributed by atoms with Gasteiger partial charge < -0.3 is 4.42 Å². The molecule has 0 bridgehead atoms. The standard InChI is InChI=1S/C12H11BrClFN2O/c13-12-9(3-4-18-12)11(17-16)5-7-1-2-8(15)6-10(7)14/h1-4,6,11,17H,5,16H2. The van der Waals surface area contributed by atoms with Crippen LogP contribution in [-0.2, 0) is 6.42 Å². The lowest BCUT2D eigenvalue weighted by atomic mass is 10.0. The Bertz CT molecular complexity index is 547. The molecular formula is C12H11BrClFN2O. The number of nitrogens with two attached hydrogens (primary N) is 1. The average Bonchev–Trinajstić information content (AvgIpc) is 2.75. The molecule has 0 saturated heterocycles. The normalized spacial score (nSPS) is 12.7. The number of rotatable bonds is 4. The molecule has 2 aromatic rings. The van der Waals surface area contributed by atoms with Crippen LogP contribution >= 0.6 is 27.5 Å². The molecule has 3 N–H and O–H groups in total. The smallest absolute Gasteiger partial charge is 0.173 e. The van der Waals surface area contributed by atoms with Gasteiger partial charge in [0, 0.05) is 10.6 Å². The van der Waals surface area contributed by atoms with Crippen LogP contribution in [0.15, 0.2) is 39.6 Å². The average molecular weight is 334 g/mol. The van der Waals surface area contributed by atoms with E-state index in [0.29, 0.717) is 16.1 Å². The largest absolute Gasteiger partial charge is 0.457 e. The molecule has 18 heavy (non-hydrogen) atoms. The minimum Gasteiger partial charge on any atom is -0.457 e. The summed E-state index contributed by atoms with van der Waals surface area (Å²) < 4.78 is 18.7. The molecule has 96 valence electrons. The van der Waals surface area contributed by atoms with Crippen molar-refractivity contribution in [1.82, 2.24) is 5.43 Å². The Morgan fingerprint density at radius 2 is 2.22 bits per heavy atom. The lowest BCUT2D eigenvalue weighted by molar-refractivity contribution is 0.506. The van der Waals surface area contributed by atoms with Gasteiger partial charge >= 0.3 is 0 Å². The van der Waals surface area contributed by atoms with E-state index < -0.39 is 0 Å². The fraction of sp³-hybridized carbons (Fsp3) is 0.167. The first-order valence-electron chi connectivity index (χ1n) is 5.24. The monoisotopic (exact) mass is 332 g/mol. The van der Waals surface area contributed by atoms with Gasteiger partial charge in [0.15, 0.2) is 4.67 Å². The van der Waals surface area contributed by atoms with Crippen LogP contribution < -0.4 is 11.3 Å². The van der Waals surface area contributed by atoms with E-state index in [1.165, 1.54) is 12.1 Å². The molecule has 0 radical (unpaired) electrons. The summed E-state index contributed by atoms with van der Waals surface area (Å²) in [7, 11) is 0. The summed E-state index contributed by atoms with van der Waals surface area (Å²) in [5, 5.41) is 0.384. The summed E-state index contributed by atoms with van der Waals surface area (Å²) in [6, 6.07) is 5.96. The van der Waals surface area contributed by atoms with Crippen LogP contribution in [0.3, 0.4) is 0 Å². The van der Waals surface area contributed by atoms with Gasteiger partial charge in [-0.05, 0) is 46.1 Å². The summed E-state index contributed by atoms with van der Waals surface area (Å²) in [6.07, 6.45) is 2.10. The fourth-order valence-electron chi connectivity index (χ4n) is 1.72.